The summed E-state index contributed by atoms with van der Waals surface area (Å²) in [5, 5.41) is 3.36. The van der Waals surface area contributed by atoms with Crippen LogP contribution in [0, 0.1) is 5.82 Å². The third-order valence-electron chi connectivity index (χ3n) is 6.12. The molecule has 0 radical (unpaired) electrons. The Labute approximate surface area is 195 Å². The fourth-order valence-corrected chi connectivity index (χ4v) is 4.26. The number of halogens is 1. The molecule has 34 heavy (non-hydrogen) atoms. The van der Waals surface area contributed by atoms with Crippen LogP contribution in [0.5, 0.6) is 0 Å². The molecule has 1 fully saturated rings. The first-order chi connectivity index (χ1) is 16.5. The van der Waals surface area contributed by atoms with Crippen LogP contribution in [0.25, 0.3) is 16.6 Å². The first-order valence-corrected chi connectivity index (χ1v) is 11.3. The predicted octanol–water partition coefficient (Wildman–Crippen LogP) is 4.01. The molecule has 1 N–H and O–H groups in total. The van der Waals surface area contributed by atoms with Crippen LogP contribution in [0.4, 0.5) is 10.3 Å². The molecule has 0 unspecified atom stereocenters. The number of carbonyl (C=O) groups is 1. The van der Waals surface area contributed by atoms with Gasteiger partial charge >= 0.3 is 0 Å². The Morgan fingerprint density at radius 3 is 2.56 bits per heavy atom. The number of aromatic nitrogens is 3. The molecule has 0 aliphatic carbocycles. The predicted molar refractivity (Wildman–Crippen MR) is 129 cm³/mol. The Kier molecular flexibility index (Phi) is 5.79. The normalized spacial score (nSPS) is 14.4. The molecule has 1 atom stereocenters. The Morgan fingerprint density at radius 1 is 1.09 bits per heavy atom. The zero-order chi connectivity index (χ0) is 23.7. The zero-order valence-corrected chi connectivity index (χ0v) is 18.7. The van der Waals surface area contributed by atoms with Crippen LogP contribution >= 0.6 is 0 Å². The Balaban J connectivity index is 1.56. The molecular weight excluding hydrogens is 433 g/mol. The van der Waals surface area contributed by atoms with Crippen LogP contribution in [-0.4, -0.2) is 33.5 Å². The van der Waals surface area contributed by atoms with Gasteiger partial charge < -0.3 is 10.2 Å². The van der Waals surface area contributed by atoms with Crippen LogP contribution in [0.1, 0.15) is 41.7 Å². The molecule has 1 amide bonds. The SMILES string of the molecule is C[C@@H](NC(=O)c1ccc2c(=O)n(-c3ccc(F)cc3)c(N3CCCC3)nc2c1)c1cccnc1. The zero-order valence-electron chi connectivity index (χ0n) is 18.7. The summed E-state index contributed by atoms with van der Waals surface area (Å²) in [7, 11) is 0. The van der Waals surface area contributed by atoms with E-state index in [9.17, 15) is 14.0 Å². The number of hydrogen-bond acceptors (Lipinski definition) is 5. The van der Waals surface area contributed by atoms with Crippen molar-refractivity contribution in [2.24, 2.45) is 0 Å². The molecule has 172 valence electrons. The van der Waals surface area contributed by atoms with Crippen LogP contribution in [-0.2, 0) is 0 Å². The van der Waals surface area contributed by atoms with E-state index in [2.05, 4.69) is 15.2 Å². The lowest BCUT2D eigenvalue weighted by Gasteiger charge is -2.22. The van der Waals surface area contributed by atoms with Gasteiger partial charge in [0.25, 0.3) is 11.5 Å². The van der Waals surface area contributed by atoms with Gasteiger partial charge in [-0.2, -0.15) is 0 Å². The Hall–Kier alpha value is -4.07. The number of anilines is 1. The molecule has 0 spiro atoms. The highest BCUT2D eigenvalue weighted by Gasteiger charge is 2.22. The van der Waals surface area contributed by atoms with Crippen molar-refractivity contribution in [3.63, 3.8) is 0 Å². The van der Waals surface area contributed by atoms with E-state index in [1.807, 2.05) is 19.1 Å². The van der Waals surface area contributed by atoms with Crippen molar-refractivity contribution in [2.75, 3.05) is 18.0 Å². The molecule has 3 heterocycles. The van der Waals surface area contributed by atoms with Crippen LogP contribution in [0.2, 0.25) is 0 Å². The minimum absolute atomic E-state index is 0.225. The topological polar surface area (TPSA) is 80.1 Å². The summed E-state index contributed by atoms with van der Waals surface area (Å²) in [6.07, 6.45) is 5.41. The van der Waals surface area contributed by atoms with Crippen molar-refractivity contribution in [2.45, 2.75) is 25.8 Å². The summed E-state index contributed by atoms with van der Waals surface area (Å²) in [5.41, 5.74) is 2.06. The summed E-state index contributed by atoms with van der Waals surface area (Å²) in [5.74, 6) is -0.127. The fraction of sp³-hybridized carbons (Fsp3) is 0.231. The van der Waals surface area contributed by atoms with E-state index in [0.29, 0.717) is 28.1 Å². The first kappa shape index (κ1) is 21.8. The van der Waals surface area contributed by atoms with Gasteiger partial charge in [-0.1, -0.05) is 6.07 Å². The maximum absolute atomic E-state index is 13.5. The smallest absolute Gasteiger partial charge is 0.267 e. The average molecular weight is 458 g/mol. The van der Waals surface area contributed by atoms with E-state index < -0.39 is 0 Å². The van der Waals surface area contributed by atoms with Gasteiger partial charge in [0.15, 0.2) is 0 Å². The number of hydrogen-bond donors (Lipinski definition) is 1. The highest BCUT2D eigenvalue weighted by atomic mass is 19.1. The second kappa shape index (κ2) is 9.05. The second-order valence-corrected chi connectivity index (χ2v) is 8.44. The maximum atomic E-state index is 13.5. The lowest BCUT2D eigenvalue weighted by atomic mass is 10.1. The number of rotatable bonds is 5. The van der Waals surface area contributed by atoms with Crippen molar-refractivity contribution < 1.29 is 9.18 Å². The Bertz CT molecular complexity index is 1400. The quantitative estimate of drug-likeness (QED) is 0.490. The number of fused-ring (bicyclic) bond motifs is 1. The maximum Gasteiger partial charge on any atom is 0.267 e. The number of nitrogens with zero attached hydrogens (tertiary/aromatic N) is 4. The van der Waals surface area contributed by atoms with E-state index in [-0.39, 0.29) is 23.3 Å². The van der Waals surface area contributed by atoms with E-state index in [4.69, 9.17) is 4.98 Å². The first-order valence-electron chi connectivity index (χ1n) is 11.3. The van der Waals surface area contributed by atoms with E-state index in [1.165, 1.54) is 16.7 Å². The lowest BCUT2D eigenvalue weighted by molar-refractivity contribution is 0.0940. The molecule has 2 aromatic carbocycles. The van der Waals surface area contributed by atoms with Crippen molar-refractivity contribution in [3.8, 4) is 5.69 Å². The molecule has 2 aromatic heterocycles. The van der Waals surface area contributed by atoms with Crippen molar-refractivity contribution >= 4 is 22.8 Å². The number of carbonyl (C=O) groups excluding carboxylic acids is 1. The monoisotopic (exact) mass is 457 g/mol. The summed E-state index contributed by atoms with van der Waals surface area (Å²) in [6, 6.07) is 14.2. The van der Waals surface area contributed by atoms with Gasteiger partial charge in [-0.15, -0.1) is 0 Å². The summed E-state index contributed by atoms with van der Waals surface area (Å²) < 4.78 is 15.0. The summed E-state index contributed by atoms with van der Waals surface area (Å²) >= 11 is 0. The van der Waals surface area contributed by atoms with Gasteiger partial charge in [-0.05, 0) is 73.9 Å². The third kappa shape index (κ3) is 4.14. The van der Waals surface area contributed by atoms with Gasteiger partial charge in [0.2, 0.25) is 5.95 Å². The van der Waals surface area contributed by atoms with Gasteiger partial charge in [0.05, 0.1) is 22.6 Å². The molecule has 5 rings (SSSR count). The molecule has 0 bridgehead atoms. The molecule has 1 aliphatic rings. The van der Waals surface area contributed by atoms with Gasteiger partial charge in [0, 0.05) is 31.0 Å². The molecule has 4 aromatic rings. The van der Waals surface area contributed by atoms with Crippen molar-refractivity contribution in [3.05, 3.63) is 94.3 Å². The summed E-state index contributed by atoms with van der Waals surface area (Å²) in [6.45, 7) is 3.45. The molecule has 7 nitrogen and oxygen atoms in total. The van der Waals surface area contributed by atoms with Crippen LogP contribution < -0.4 is 15.8 Å². The molecule has 8 heteroatoms. The van der Waals surface area contributed by atoms with Gasteiger partial charge in [-0.3, -0.25) is 14.6 Å². The number of benzene rings is 2. The highest BCUT2D eigenvalue weighted by Crippen LogP contribution is 2.24. The largest absolute Gasteiger partial charge is 0.345 e. The number of nitrogens with one attached hydrogen (secondary N) is 1. The molecule has 1 saturated heterocycles. The number of amides is 1. The molecule has 0 saturated carbocycles. The molecule has 1 aliphatic heterocycles. The number of pyridine rings is 1. The lowest BCUT2D eigenvalue weighted by Crippen LogP contribution is -2.30. The minimum Gasteiger partial charge on any atom is -0.345 e. The third-order valence-corrected chi connectivity index (χ3v) is 6.12. The van der Waals surface area contributed by atoms with Crippen LogP contribution in [0.3, 0.4) is 0 Å². The van der Waals surface area contributed by atoms with E-state index >= 15 is 0 Å². The average Bonchev–Trinajstić information content (AvgIpc) is 3.40. The molecular formula is C26H24FN5O2. The van der Waals surface area contributed by atoms with Gasteiger partial charge in [-0.25, -0.2) is 13.9 Å². The fourth-order valence-electron chi connectivity index (χ4n) is 4.26. The highest BCUT2D eigenvalue weighted by molar-refractivity contribution is 5.98. The summed E-state index contributed by atoms with van der Waals surface area (Å²) in [4.78, 5) is 37.4. The van der Waals surface area contributed by atoms with Crippen LogP contribution in [0.15, 0.2) is 71.8 Å². The van der Waals surface area contributed by atoms with Gasteiger partial charge in [0.1, 0.15) is 5.82 Å². The standard InChI is InChI=1S/C26H24FN5O2/c1-17(19-5-4-12-28-16-19)29-24(33)18-6-11-22-23(15-18)30-26(31-13-2-3-14-31)32(25(22)34)21-9-7-20(27)8-10-21/h4-12,15-17H,2-3,13-14H2,1H3,(H,29,33)/t17-/m1/s1. The van der Waals surface area contributed by atoms with E-state index in [1.54, 1.807) is 42.7 Å². The second-order valence-electron chi connectivity index (χ2n) is 8.44. The van der Waals surface area contributed by atoms with Crippen molar-refractivity contribution in [1.29, 1.82) is 0 Å². The van der Waals surface area contributed by atoms with Crippen molar-refractivity contribution in [1.82, 2.24) is 19.9 Å². The Morgan fingerprint density at radius 2 is 1.85 bits per heavy atom. The van der Waals surface area contributed by atoms with E-state index in [0.717, 1.165) is 31.5 Å². The minimum atomic E-state index is -0.371.